The topological polar surface area (TPSA) is 131 Å². The molecule has 266 valence electrons. The molecule has 7 rings (SSSR count). The Hall–Kier alpha value is -4.38. The van der Waals surface area contributed by atoms with Gasteiger partial charge in [-0.25, -0.2) is 23.1 Å². The summed E-state index contributed by atoms with van der Waals surface area (Å²) in [5, 5.41) is 7.17. The lowest BCUT2D eigenvalue weighted by atomic mass is 9.95. The van der Waals surface area contributed by atoms with Gasteiger partial charge < -0.3 is 20.3 Å². The molecule has 3 aliphatic heterocycles. The van der Waals surface area contributed by atoms with Crippen molar-refractivity contribution < 1.29 is 31.5 Å². The monoisotopic (exact) mass is 720 g/mol. The summed E-state index contributed by atoms with van der Waals surface area (Å²) in [6.07, 6.45) is -1.51. The van der Waals surface area contributed by atoms with Crippen molar-refractivity contribution in [1.82, 2.24) is 39.5 Å². The molecule has 1 amide bonds. The van der Waals surface area contributed by atoms with Crippen LogP contribution in [0.1, 0.15) is 44.2 Å². The number of aryl methyl sites for hydroxylation is 1. The molecule has 3 saturated heterocycles. The Morgan fingerprint density at radius 3 is 2.56 bits per heavy atom. The smallest absolute Gasteiger partial charge is 0.418 e. The normalized spacial score (nSPS) is 22.4. The van der Waals surface area contributed by atoms with Crippen LogP contribution in [-0.2, 0) is 6.18 Å². The Labute approximate surface area is 288 Å². The van der Waals surface area contributed by atoms with Crippen LogP contribution in [0, 0.1) is 12.7 Å². The number of hydrogen-bond donors (Lipinski definition) is 1. The maximum atomic E-state index is 16.8. The molecule has 6 heterocycles. The molecule has 0 radical (unpaired) electrons. The highest BCUT2D eigenvalue weighted by Crippen LogP contribution is 2.45. The fraction of sp³-hybridized carbons (Fsp3) is 0.500. The quantitative estimate of drug-likeness (QED) is 0.264. The van der Waals surface area contributed by atoms with Crippen molar-refractivity contribution in [2.75, 3.05) is 50.0 Å². The van der Waals surface area contributed by atoms with Crippen molar-refractivity contribution in [3.63, 3.8) is 0 Å². The van der Waals surface area contributed by atoms with Gasteiger partial charge in [0.2, 0.25) is 0 Å². The molecule has 3 aromatic heterocycles. The molecule has 3 aliphatic rings. The van der Waals surface area contributed by atoms with E-state index >= 15 is 4.39 Å². The lowest BCUT2D eigenvalue weighted by molar-refractivity contribution is -0.137. The van der Waals surface area contributed by atoms with E-state index in [1.54, 1.807) is 4.90 Å². The molecule has 3 fully saturated rings. The Kier molecular flexibility index (Phi) is 8.28. The number of nitrogen functional groups attached to an aromatic ring is 1. The van der Waals surface area contributed by atoms with Gasteiger partial charge in [0.05, 0.1) is 32.9 Å². The maximum Gasteiger partial charge on any atom is 0.418 e. The SMILES string of the molecule is Cc1cc(N)nc(-c2c(Cl)cc3c(N4CCN(C(=O)n5cnnc5)C(C)(C)C4)nc(OC[C@@]45CCCN4C[C@H](F)C5)nc3c2F)c1C(F)(F)F. The van der Waals surface area contributed by atoms with Gasteiger partial charge in [-0.2, -0.15) is 23.1 Å². The lowest BCUT2D eigenvalue weighted by Gasteiger charge is -2.47. The molecule has 4 aromatic rings. The number of fused-ring (bicyclic) bond motifs is 2. The Morgan fingerprint density at radius 2 is 1.86 bits per heavy atom. The first-order valence-electron chi connectivity index (χ1n) is 16.1. The number of alkyl halides is 4. The number of halogens is 6. The number of carbonyl (C=O) groups is 1. The zero-order valence-corrected chi connectivity index (χ0v) is 28.2. The maximum absolute atomic E-state index is 16.8. The minimum absolute atomic E-state index is 0.0291. The van der Waals surface area contributed by atoms with E-state index in [-0.39, 0.29) is 84.4 Å². The summed E-state index contributed by atoms with van der Waals surface area (Å²) in [6, 6.07) is 1.77. The predicted molar refractivity (Wildman–Crippen MR) is 174 cm³/mol. The van der Waals surface area contributed by atoms with Crippen LogP contribution in [0.3, 0.4) is 0 Å². The third-order valence-electron chi connectivity index (χ3n) is 9.90. The van der Waals surface area contributed by atoms with Gasteiger partial charge >= 0.3 is 18.2 Å². The highest BCUT2D eigenvalue weighted by Gasteiger charge is 2.49. The van der Waals surface area contributed by atoms with Crippen LogP contribution in [0.25, 0.3) is 22.2 Å². The first-order valence-corrected chi connectivity index (χ1v) is 16.4. The largest absolute Gasteiger partial charge is 0.461 e. The number of nitrogens with two attached hydrogens (primary N) is 1. The number of pyridine rings is 1. The van der Waals surface area contributed by atoms with Crippen LogP contribution < -0.4 is 15.4 Å². The molecule has 12 nitrogen and oxygen atoms in total. The van der Waals surface area contributed by atoms with E-state index < -0.39 is 46.1 Å². The molecular formula is C32H34ClF5N10O2. The molecule has 18 heteroatoms. The molecule has 0 unspecified atom stereocenters. The number of piperazine rings is 1. The summed E-state index contributed by atoms with van der Waals surface area (Å²) < 4.78 is 81.8. The van der Waals surface area contributed by atoms with Crippen molar-refractivity contribution in [3.05, 3.63) is 46.8 Å². The lowest BCUT2D eigenvalue weighted by Crippen LogP contribution is -2.62. The van der Waals surface area contributed by atoms with E-state index in [1.807, 2.05) is 23.6 Å². The summed E-state index contributed by atoms with van der Waals surface area (Å²) in [7, 11) is 0. The number of nitrogens with zero attached hydrogens (tertiary/aromatic N) is 9. The zero-order valence-electron chi connectivity index (χ0n) is 27.4. The highest BCUT2D eigenvalue weighted by atomic mass is 35.5. The van der Waals surface area contributed by atoms with Crippen LogP contribution in [0.5, 0.6) is 6.01 Å². The highest BCUT2D eigenvalue weighted by molar-refractivity contribution is 6.34. The summed E-state index contributed by atoms with van der Waals surface area (Å²) in [5.74, 6) is -1.22. The summed E-state index contributed by atoms with van der Waals surface area (Å²) in [6.45, 7) is 6.59. The van der Waals surface area contributed by atoms with E-state index in [0.29, 0.717) is 13.0 Å². The van der Waals surface area contributed by atoms with Crippen molar-refractivity contribution >= 4 is 40.2 Å². The van der Waals surface area contributed by atoms with Crippen molar-refractivity contribution in [2.24, 2.45) is 0 Å². The van der Waals surface area contributed by atoms with Gasteiger partial charge in [-0.15, -0.1) is 10.2 Å². The average molecular weight is 721 g/mol. The van der Waals surface area contributed by atoms with Crippen LogP contribution in [0.2, 0.25) is 5.02 Å². The van der Waals surface area contributed by atoms with Crippen LogP contribution >= 0.6 is 11.6 Å². The Morgan fingerprint density at radius 1 is 1.12 bits per heavy atom. The number of carbonyl (C=O) groups excluding carboxylic acids is 1. The van der Waals surface area contributed by atoms with Gasteiger partial charge in [0.25, 0.3) is 0 Å². The number of benzene rings is 1. The molecular weight excluding hydrogens is 687 g/mol. The second kappa shape index (κ2) is 12.1. The third-order valence-corrected chi connectivity index (χ3v) is 10.2. The van der Waals surface area contributed by atoms with Crippen molar-refractivity contribution in [3.8, 4) is 17.3 Å². The summed E-state index contributed by atoms with van der Waals surface area (Å²) >= 11 is 6.62. The molecule has 0 bridgehead atoms. The molecule has 2 atom stereocenters. The fourth-order valence-corrected chi connectivity index (χ4v) is 7.98. The summed E-state index contributed by atoms with van der Waals surface area (Å²) in [5.41, 5.74) is 1.27. The molecule has 0 spiro atoms. The van der Waals surface area contributed by atoms with Crippen LogP contribution in [0.4, 0.5) is 38.4 Å². The first-order chi connectivity index (χ1) is 23.6. The molecule has 0 saturated carbocycles. The number of anilines is 2. The van der Waals surface area contributed by atoms with E-state index in [4.69, 9.17) is 22.1 Å². The number of aromatic nitrogens is 6. The number of amides is 1. The van der Waals surface area contributed by atoms with E-state index in [1.165, 1.54) is 30.2 Å². The van der Waals surface area contributed by atoms with Crippen molar-refractivity contribution in [1.29, 1.82) is 0 Å². The number of hydrogen-bond acceptors (Lipinski definition) is 10. The molecule has 50 heavy (non-hydrogen) atoms. The van der Waals surface area contributed by atoms with Crippen LogP contribution in [0.15, 0.2) is 24.8 Å². The minimum Gasteiger partial charge on any atom is -0.461 e. The Bertz CT molecular complexity index is 1980. The third kappa shape index (κ3) is 5.83. The van der Waals surface area contributed by atoms with E-state index in [2.05, 4.69) is 25.1 Å². The zero-order chi connectivity index (χ0) is 35.7. The molecule has 1 aromatic carbocycles. The van der Waals surface area contributed by atoms with Gasteiger partial charge in [-0.05, 0) is 57.9 Å². The van der Waals surface area contributed by atoms with E-state index in [0.717, 1.165) is 12.5 Å². The van der Waals surface area contributed by atoms with Gasteiger partial charge in [0.1, 0.15) is 42.6 Å². The molecule has 0 aliphatic carbocycles. The molecule has 2 N–H and O–H groups in total. The van der Waals surface area contributed by atoms with Gasteiger partial charge in [0.15, 0.2) is 5.82 Å². The van der Waals surface area contributed by atoms with Gasteiger partial charge in [0, 0.05) is 38.0 Å². The standard InChI is InChI=1S/C32H34ClF5N10O2/c1-17-9-21(39)42-26(23(17)32(36,37)38)22-20(33)10-19-25(24(22)35)43-28(50-14-31-5-4-6-47(31)12-18(34)11-31)44-27(19)45-7-8-48(30(2,3)13-45)29(49)46-15-40-41-16-46/h9-10,15-16,18H,4-8,11-14H2,1-3H3,(H2,39,42)/t18-,31+/m1/s1. The predicted octanol–water partition coefficient (Wildman–Crippen LogP) is 5.51. The van der Waals surface area contributed by atoms with E-state index in [9.17, 15) is 22.4 Å². The average Bonchev–Trinajstić information content (AvgIpc) is 3.75. The number of rotatable bonds is 5. The van der Waals surface area contributed by atoms with Crippen LogP contribution in [-0.4, -0.2) is 102 Å². The van der Waals surface area contributed by atoms with Crippen molar-refractivity contribution in [2.45, 2.75) is 63.5 Å². The van der Waals surface area contributed by atoms with Gasteiger partial charge in [-0.1, -0.05) is 11.6 Å². The number of ether oxygens (including phenoxy) is 1. The second-order valence-electron chi connectivity index (χ2n) is 13.8. The first kappa shape index (κ1) is 34.1. The van der Waals surface area contributed by atoms with Gasteiger partial charge in [-0.3, -0.25) is 4.90 Å². The minimum atomic E-state index is -4.91. The second-order valence-corrected chi connectivity index (χ2v) is 14.2. The Balaban J connectivity index is 1.35. The summed E-state index contributed by atoms with van der Waals surface area (Å²) in [4.78, 5) is 31.7. The fourth-order valence-electron chi connectivity index (χ4n) is 7.70.